The van der Waals surface area contributed by atoms with Crippen LogP contribution in [-0.4, -0.2) is 54.3 Å². The van der Waals surface area contributed by atoms with Gasteiger partial charge in [0.2, 0.25) is 0 Å². The lowest BCUT2D eigenvalue weighted by Gasteiger charge is -2.27. The normalized spacial score (nSPS) is 27.3. The number of rotatable bonds is 4. The second-order valence-corrected chi connectivity index (χ2v) is 9.93. The lowest BCUT2D eigenvalue weighted by Crippen LogP contribution is -2.40. The van der Waals surface area contributed by atoms with Crippen LogP contribution in [0.3, 0.4) is 0 Å². The fourth-order valence-electron chi connectivity index (χ4n) is 2.92. The predicted molar refractivity (Wildman–Crippen MR) is 105 cm³/mol. The summed E-state index contributed by atoms with van der Waals surface area (Å²) in [7, 11) is -4.64. The van der Waals surface area contributed by atoms with E-state index < -0.39 is 7.82 Å². The van der Waals surface area contributed by atoms with Crippen LogP contribution >= 0.6 is 30.9 Å². The standard InChI is InChI=1S/C15H20N4OS2.H3O4P/c1-9-19(12-8-11(12)16-10-4-2-5-10)18-15(22-9)17-14(20)13-6-3-7-21-13;1-5(2,3)4/h3,6-7,9-12,16H,2,4-5,8H2,1H3,(H,17,18,20);(H3,1,2,3,4)/t9?,11-,12+;/m1./s1. The number of hydrogen-bond acceptors (Lipinski definition) is 7. The summed E-state index contributed by atoms with van der Waals surface area (Å²) in [6.45, 7) is 2.15. The zero-order valence-corrected chi connectivity index (χ0v) is 17.2. The maximum atomic E-state index is 12.1. The zero-order valence-electron chi connectivity index (χ0n) is 14.7. The lowest BCUT2D eigenvalue weighted by molar-refractivity contribution is 0.0981. The van der Waals surface area contributed by atoms with E-state index in [0.717, 1.165) is 22.5 Å². The van der Waals surface area contributed by atoms with Crippen molar-refractivity contribution in [2.75, 3.05) is 0 Å². The van der Waals surface area contributed by atoms with E-state index in [1.165, 1.54) is 30.6 Å². The molecule has 0 bridgehead atoms. The maximum absolute atomic E-state index is 12.1. The second-order valence-electron chi connectivity index (χ2n) is 6.65. The summed E-state index contributed by atoms with van der Waals surface area (Å²) in [5, 5.41) is 16.3. The Balaban J connectivity index is 0.000000376. The molecule has 4 rings (SSSR count). The molecule has 0 radical (unpaired) electrons. The van der Waals surface area contributed by atoms with Crippen molar-refractivity contribution >= 4 is 42.0 Å². The van der Waals surface area contributed by atoms with Gasteiger partial charge in [-0.2, -0.15) is 5.10 Å². The van der Waals surface area contributed by atoms with E-state index in [2.05, 4.69) is 27.7 Å². The minimum Gasteiger partial charge on any atom is -0.309 e. The van der Waals surface area contributed by atoms with E-state index in [9.17, 15) is 4.79 Å². The number of nitrogens with zero attached hydrogens (tertiary/aromatic N) is 2. The highest BCUT2D eigenvalue weighted by atomic mass is 32.2. The van der Waals surface area contributed by atoms with Crippen LogP contribution in [0.2, 0.25) is 0 Å². The van der Waals surface area contributed by atoms with Crippen molar-refractivity contribution in [1.29, 1.82) is 0 Å². The third-order valence-corrected chi connectivity index (χ3v) is 6.31. The molecule has 12 heteroatoms. The van der Waals surface area contributed by atoms with E-state index in [1.807, 2.05) is 17.5 Å². The zero-order chi connectivity index (χ0) is 19.6. The van der Waals surface area contributed by atoms with Gasteiger partial charge in [-0.1, -0.05) is 24.2 Å². The number of amides is 1. The Morgan fingerprint density at radius 1 is 1.37 bits per heavy atom. The molecule has 1 aromatic heterocycles. The second kappa shape index (κ2) is 8.60. The van der Waals surface area contributed by atoms with Gasteiger partial charge in [0.15, 0.2) is 5.17 Å². The molecule has 2 heterocycles. The molecule has 1 aliphatic heterocycles. The molecule has 27 heavy (non-hydrogen) atoms. The average Bonchev–Trinajstić information content (AvgIpc) is 2.92. The summed E-state index contributed by atoms with van der Waals surface area (Å²) in [4.78, 5) is 34.4. The highest BCUT2D eigenvalue weighted by Gasteiger charge is 2.47. The molecule has 2 saturated carbocycles. The molecule has 9 nitrogen and oxygen atoms in total. The first kappa shape index (κ1) is 20.8. The van der Waals surface area contributed by atoms with E-state index in [-0.39, 0.29) is 11.3 Å². The smallest absolute Gasteiger partial charge is 0.309 e. The van der Waals surface area contributed by atoms with Crippen molar-refractivity contribution < 1.29 is 24.0 Å². The number of nitrogens with one attached hydrogen (secondary N) is 2. The molecule has 2 aliphatic carbocycles. The molecule has 0 saturated heterocycles. The fourth-order valence-corrected chi connectivity index (χ4v) is 4.47. The molecule has 5 N–H and O–H groups in total. The molecule has 1 unspecified atom stereocenters. The van der Waals surface area contributed by atoms with Gasteiger partial charge in [-0.3, -0.25) is 15.1 Å². The number of thiophene rings is 1. The van der Waals surface area contributed by atoms with Crippen LogP contribution in [0.25, 0.3) is 0 Å². The van der Waals surface area contributed by atoms with Gasteiger partial charge in [-0.25, -0.2) is 4.57 Å². The molecule has 3 atom stereocenters. The first-order valence-electron chi connectivity index (χ1n) is 8.63. The molecule has 0 spiro atoms. The van der Waals surface area contributed by atoms with E-state index in [0.29, 0.717) is 12.1 Å². The molecule has 0 aromatic carbocycles. The number of phosphoric acid groups is 1. The van der Waals surface area contributed by atoms with Gasteiger partial charge in [0, 0.05) is 12.1 Å². The highest BCUT2D eigenvalue weighted by Crippen LogP contribution is 2.38. The Kier molecular flexibility index (Phi) is 6.62. The third kappa shape index (κ3) is 6.28. The van der Waals surface area contributed by atoms with Gasteiger partial charge < -0.3 is 20.0 Å². The molecular weight excluding hydrogens is 411 g/mol. The van der Waals surface area contributed by atoms with Gasteiger partial charge in [0.05, 0.1) is 16.3 Å². The van der Waals surface area contributed by atoms with Crippen LogP contribution in [0.15, 0.2) is 22.6 Å². The average molecular weight is 434 g/mol. The summed E-state index contributed by atoms with van der Waals surface area (Å²) in [6, 6.07) is 5.51. The topological polar surface area (TPSA) is 134 Å². The first-order chi connectivity index (χ1) is 12.7. The number of thioether (sulfide) groups is 1. The van der Waals surface area contributed by atoms with Crippen LogP contribution in [0.5, 0.6) is 0 Å². The largest absolute Gasteiger partial charge is 0.466 e. The van der Waals surface area contributed by atoms with Gasteiger partial charge in [-0.15, -0.1) is 11.3 Å². The van der Waals surface area contributed by atoms with Gasteiger partial charge >= 0.3 is 7.82 Å². The summed E-state index contributed by atoms with van der Waals surface area (Å²) in [5.74, 6) is -0.0600. The monoisotopic (exact) mass is 434 g/mol. The maximum Gasteiger partial charge on any atom is 0.466 e. The Hall–Kier alpha value is -0.940. The Labute approximate surface area is 165 Å². The summed E-state index contributed by atoms with van der Waals surface area (Å²) < 4.78 is 8.88. The fraction of sp³-hybridized carbons (Fsp3) is 0.600. The van der Waals surface area contributed by atoms with Crippen LogP contribution < -0.4 is 10.6 Å². The third-order valence-electron chi connectivity index (χ3n) is 4.48. The van der Waals surface area contributed by atoms with Crippen molar-refractivity contribution in [3.05, 3.63) is 22.4 Å². The Morgan fingerprint density at radius 2 is 2.07 bits per heavy atom. The number of amidine groups is 1. The molecule has 1 aromatic rings. The van der Waals surface area contributed by atoms with E-state index >= 15 is 0 Å². The number of hydrogen-bond donors (Lipinski definition) is 5. The summed E-state index contributed by atoms with van der Waals surface area (Å²) in [5.41, 5.74) is 0. The van der Waals surface area contributed by atoms with Crippen molar-refractivity contribution in [2.45, 2.75) is 56.1 Å². The molecular formula is C15H23N4O5PS2. The number of hydrazone groups is 1. The minimum atomic E-state index is -4.64. The summed E-state index contributed by atoms with van der Waals surface area (Å²) in [6.07, 6.45) is 5.16. The molecule has 150 valence electrons. The number of carbonyl (C=O) groups excluding carboxylic acids is 1. The van der Waals surface area contributed by atoms with Crippen molar-refractivity contribution in [1.82, 2.24) is 15.6 Å². The van der Waals surface area contributed by atoms with Crippen LogP contribution in [-0.2, 0) is 4.57 Å². The predicted octanol–water partition coefficient (Wildman–Crippen LogP) is 1.50. The minimum absolute atomic E-state index is 0.0600. The SMILES string of the molecule is CC1SC(NC(=O)c2cccs2)=NN1[C@H]1C[C@H]1NC1CCC1.O=P(O)(O)O. The molecule has 3 aliphatic rings. The quantitative estimate of drug-likeness (QED) is 0.450. The Morgan fingerprint density at radius 3 is 2.63 bits per heavy atom. The van der Waals surface area contributed by atoms with Gasteiger partial charge in [0.25, 0.3) is 5.91 Å². The number of carbonyl (C=O) groups is 1. The van der Waals surface area contributed by atoms with Crippen molar-refractivity contribution in [3.8, 4) is 0 Å². The lowest BCUT2D eigenvalue weighted by atomic mass is 9.93. The highest BCUT2D eigenvalue weighted by molar-refractivity contribution is 8.14. The van der Waals surface area contributed by atoms with Crippen LogP contribution in [0, 0.1) is 0 Å². The van der Waals surface area contributed by atoms with Crippen LogP contribution in [0.4, 0.5) is 0 Å². The van der Waals surface area contributed by atoms with Crippen LogP contribution in [0.1, 0.15) is 42.3 Å². The summed E-state index contributed by atoms with van der Waals surface area (Å²) >= 11 is 3.08. The van der Waals surface area contributed by atoms with E-state index in [1.54, 1.807) is 11.8 Å². The van der Waals surface area contributed by atoms with Gasteiger partial charge in [0.1, 0.15) is 0 Å². The molecule has 1 amide bonds. The van der Waals surface area contributed by atoms with E-state index in [4.69, 9.17) is 19.2 Å². The Bertz CT molecular complexity index is 728. The van der Waals surface area contributed by atoms with Crippen molar-refractivity contribution in [3.63, 3.8) is 0 Å². The van der Waals surface area contributed by atoms with Crippen molar-refractivity contribution in [2.24, 2.45) is 5.10 Å². The molecule has 2 fully saturated rings. The first-order valence-corrected chi connectivity index (χ1v) is 12.0. The van der Waals surface area contributed by atoms with Gasteiger partial charge in [-0.05, 0) is 37.6 Å².